The van der Waals surface area contributed by atoms with Crippen LogP contribution >= 0.6 is 0 Å². The van der Waals surface area contributed by atoms with Crippen molar-refractivity contribution >= 4 is 22.3 Å². The van der Waals surface area contributed by atoms with Crippen molar-refractivity contribution in [1.82, 2.24) is 9.97 Å². The van der Waals surface area contributed by atoms with Gasteiger partial charge in [0.25, 0.3) is 11.2 Å². The predicted octanol–water partition coefficient (Wildman–Crippen LogP) is 2.94. The van der Waals surface area contributed by atoms with Crippen LogP contribution in [0.5, 0.6) is 11.5 Å². The summed E-state index contributed by atoms with van der Waals surface area (Å²) in [5, 5.41) is 12.0. The molecule has 1 atom stereocenters. The van der Waals surface area contributed by atoms with E-state index >= 15 is 0 Å². The smallest absolute Gasteiger partial charge is 0.293 e. The fourth-order valence-corrected chi connectivity index (χ4v) is 4.14. The summed E-state index contributed by atoms with van der Waals surface area (Å²) in [5.74, 6) is 1.41. The highest BCUT2D eigenvalue weighted by atomic mass is 16.6. The predicted molar refractivity (Wildman–Crippen MR) is 106 cm³/mol. The molecule has 0 bridgehead atoms. The molecule has 0 amide bonds. The van der Waals surface area contributed by atoms with Crippen LogP contribution < -0.4 is 19.9 Å². The number of ether oxygens (including phenoxy) is 2. The van der Waals surface area contributed by atoms with Gasteiger partial charge in [-0.2, -0.15) is 0 Å². The van der Waals surface area contributed by atoms with Gasteiger partial charge in [0.15, 0.2) is 11.5 Å². The molecule has 29 heavy (non-hydrogen) atoms. The second-order valence-electron chi connectivity index (χ2n) is 7.10. The van der Waals surface area contributed by atoms with Gasteiger partial charge >= 0.3 is 0 Å². The number of nitrogens with zero attached hydrogens (tertiary/aromatic N) is 3. The lowest BCUT2D eigenvalue weighted by Gasteiger charge is -2.28. The van der Waals surface area contributed by atoms with Crippen molar-refractivity contribution in [3.05, 3.63) is 62.7 Å². The largest absolute Gasteiger partial charge is 0.486 e. The maximum Gasteiger partial charge on any atom is 0.293 e. The van der Waals surface area contributed by atoms with Crippen molar-refractivity contribution in [1.29, 1.82) is 0 Å². The zero-order valence-electron chi connectivity index (χ0n) is 15.5. The summed E-state index contributed by atoms with van der Waals surface area (Å²) < 4.78 is 11.3. The van der Waals surface area contributed by atoms with Crippen molar-refractivity contribution in [2.45, 2.75) is 18.9 Å². The first-order valence-corrected chi connectivity index (χ1v) is 9.44. The summed E-state index contributed by atoms with van der Waals surface area (Å²) in [5.41, 5.74) is 1.43. The Labute approximate surface area is 165 Å². The normalized spacial score (nSPS) is 18.2. The number of hydrogen-bond acceptors (Lipinski definition) is 7. The van der Waals surface area contributed by atoms with Crippen molar-refractivity contribution in [3.63, 3.8) is 0 Å². The van der Waals surface area contributed by atoms with E-state index in [-0.39, 0.29) is 17.1 Å². The van der Waals surface area contributed by atoms with Gasteiger partial charge in [-0.3, -0.25) is 14.9 Å². The molecule has 0 aliphatic carbocycles. The number of aromatic nitrogens is 2. The Hall–Kier alpha value is -3.62. The lowest BCUT2D eigenvalue weighted by molar-refractivity contribution is -0.384. The Bertz CT molecular complexity index is 1180. The summed E-state index contributed by atoms with van der Waals surface area (Å²) >= 11 is 0. The van der Waals surface area contributed by atoms with Crippen LogP contribution in [-0.2, 0) is 0 Å². The van der Waals surface area contributed by atoms with E-state index in [1.54, 1.807) is 6.07 Å². The van der Waals surface area contributed by atoms with Crippen LogP contribution in [0.15, 0.2) is 41.5 Å². The molecule has 0 saturated carbocycles. The lowest BCUT2D eigenvalue weighted by Crippen LogP contribution is -2.24. The number of aromatic amines is 1. The van der Waals surface area contributed by atoms with Gasteiger partial charge in [0.05, 0.1) is 28.2 Å². The van der Waals surface area contributed by atoms with Crippen LogP contribution in [0.2, 0.25) is 0 Å². The first-order valence-electron chi connectivity index (χ1n) is 9.44. The molecule has 9 heteroatoms. The Balaban J connectivity index is 1.61. The van der Waals surface area contributed by atoms with Gasteiger partial charge in [-0.15, -0.1) is 0 Å². The molecule has 3 aromatic rings. The van der Waals surface area contributed by atoms with Gasteiger partial charge in [-0.1, -0.05) is 6.07 Å². The zero-order valence-corrected chi connectivity index (χ0v) is 15.5. The second-order valence-corrected chi connectivity index (χ2v) is 7.10. The molecule has 1 fully saturated rings. The van der Waals surface area contributed by atoms with Gasteiger partial charge in [0.2, 0.25) is 0 Å². The van der Waals surface area contributed by atoms with Gasteiger partial charge in [-0.25, -0.2) is 4.98 Å². The molecule has 9 nitrogen and oxygen atoms in total. The minimum absolute atomic E-state index is 0.0380. The van der Waals surface area contributed by atoms with E-state index in [4.69, 9.17) is 9.47 Å². The number of rotatable bonds is 3. The fourth-order valence-electron chi connectivity index (χ4n) is 4.14. The number of fused-ring (bicyclic) bond motifs is 2. The molecular formula is C20H18N4O5. The number of benzene rings is 2. The van der Waals surface area contributed by atoms with Gasteiger partial charge in [-0.05, 0) is 36.6 Å². The summed E-state index contributed by atoms with van der Waals surface area (Å²) in [4.78, 5) is 32.1. The first-order chi connectivity index (χ1) is 14.1. The minimum Gasteiger partial charge on any atom is -0.486 e. The van der Waals surface area contributed by atoms with E-state index in [0.717, 1.165) is 18.4 Å². The maximum absolute atomic E-state index is 12.1. The Morgan fingerprint density at radius 3 is 2.83 bits per heavy atom. The van der Waals surface area contributed by atoms with Crippen LogP contribution in [0.3, 0.4) is 0 Å². The Morgan fingerprint density at radius 1 is 1.17 bits per heavy atom. The van der Waals surface area contributed by atoms with Gasteiger partial charge < -0.3 is 19.4 Å². The van der Waals surface area contributed by atoms with Crippen molar-refractivity contribution in [2.24, 2.45) is 0 Å². The summed E-state index contributed by atoms with van der Waals surface area (Å²) in [6.07, 6.45) is 3.07. The highest BCUT2D eigenvalue weighted by molar-refractivity contribution is 5.87. The van der Waals surface area contributed by atoms with Crippen molar-refractivity contribution < 1.29 is 14.4 Å². The number of nitro groups is 1. The third-order valence-electron chi connectivity index (χ3n) is 5.45. The van der Waals surface area contributed by atoms with Crippen molar-refractivity contribution in [3.8, 4) is 11.5 Å². The molecule has 148 valence electrons. The van der Waals surface area contributed by atoms with E-state index in [9.17, 15) is 14.9 Å². The van der Waals surface area contributed by atoms with Crippen LogP contribution in [0, 0.1) is 10.1 Å². The Kier molecular flexibility index (Phi) is 4.08. The van der Waals surface area contributed by atoms with Gasteiger partial charge in [0.1, 0.15) is 18.9 Å². The summed E-state index contributed by atoms with van der Waals surface area (Å²) in [6, 6.07) is 8.73. The Morgan fingerprint density at radius 2 is 2.00 bits per heavy atom. The van der Waals surface area contributed by atoms with Crippen LogP contribution in [0.4, 0.5) is 11.4 Å². The molecule has 3 heterocycles. The standard InChI is InChI=1S/C20H18N4O5/c25-20-13-9-17(24(26)27)16(10-14(13)21-11-22-20)23-5-1-2-15(23)12-3-4-18-19(8-12)29-7-6-28-18/h3-4,8-11,15H,1-2,5-7H2,(H,21,22,25). The SMILES string of the molecule is O=c1[nH]cnc2cc(N3CCCC3c3ccc4c(c3)OCCO4)c([N+](=O)[O-])cc12. The number of nitro benzene ring substituents is 1. The van der Waals surface area contributed by atoms with Crippen molar-refractivity contribution in [2.75, 3.05) is 24.7 Å². The van der Waals surface area contributed by atoms with Crippen LogP contribution in [0.1, 0.15) is 24.4 Å². The van der Waals surface area contributed by atoms with Gasteiger partial charge in [0, 0.05) is 12.6 Å². The fraction of sp³-hybridized carbons (Fsp3) is 0.300. The third kappa shape index (κ3) is 2.95. The summed E-state index contributed by atoms with van der Waals surface area (Å²) in [6.45, 7) is 1.70. The molecule has 2 aliphatic rings. The van der Waals surface area contributed by atoms with Crippen LogP contribution in [-0.4, -0.2) is 34.6 Å². The first kappa shape index (κ1) is 17.5. The molecule has 0 radical (unpaired) electrons. The molecule has 2 aliphatic heterocycles. The number of nitrogens with one attached hydrogen (secondary N) is 1. The van der Waals surface area contributed by atoms with E-state index in [0.29, 0.717) is 42.5 Å². The molecule has 5 rings (SSSR count). The molecule has 1 aromatic heterocycles. The lowest BCUT2D eigenvalue weighted by atomic mass is 10.0. The molecular weight excluding hydrogens is 376 g/mol. The monoisotopic (exact) mass is 394 g/mol. The topological polar surface area (TPSA) is 111 Å². The van der Waals surface area contributed by atoms with E-state index in [1.165, 1.54) is 12.4 Å². The highest BCUT2D eigenvalue weighted by Gasteiger charge is 2.32. The number of anilines is 1. The zero-order chi connectivity index (χ0) is 20.0. The van der Waals surface area contributed by atoms with E-state index in [1.807, 2.05) is 23.1 Å². The second kappa shape index (κ2) is 6.77. The third-order valence-corrected chi connectivity index (χ3v) is 5.45. The average Bonchev–Trinajstić information content (AvgIpc) is 3.22. The molecule has 1 N–H and O–H groups in total. The number of hydrogen-bond donors (Lipinski definition) is 1. The maximum atomic E-state index is 12.1. The summed E-state index contributed by atoms with van der Waals surface area (Å²) in [7, 11) is 0. The quantitative estimate of drug-likeness (QED) is 0.537. The van der Waals surface area contributed by atoms with E-state index in [2.05, 4.69) is 9.97 Å². The average molecular weight is 394 g/mol. The molecule has 2 aromatic carbocycles. The minimum atomic E-state index is -0.444. The molecule has 0 spiro atoms. The van der Waals surface area contributed by atoms with Crippen LogP contribution in [0.25, 0.3) is 10.9 Å². The molecule has 1 saturated heterocycles. The molecule has 1 unspecified atom stereocenters. The number of H-pyrrole nitrogens is 1. The van der Waals surface area contributed by atoms with E-state index < -0.39 is 10.5 Å². The highest BCUT2D eigenvalue weighted by Crippen LogP contribution is 2.43.